The van der Waals surface area contributed by atoms with Crippen molar-refractivity contribution in [3.05, 3.63) is 65.2 Å². The van der Waals surface area contributed by atoms with Gasteiger partial charge in [0.25, 0.3) is 5.91 Å². The molecule has 27 heavy (non-hydrogen) atoms. The van der Waals surface area contributed by atoms with Crippen LogP contribution >= 0.6 is 0 Å². The van der Waals surface area contributed by atoms with Crippen LogP contribution in [0, 0.1) is 6.92 Å². The second-order valence-electron chi connectivity index (χ2n) is 7.33. The Bertz CT molecular complexity index is 752. The highest BCUT2D eigenvalue weighted by Crippen LogP contribution is 2.17. The largest absolute Gasteiger partial charge is 0.378 e. The van der Waals surface area contributed by atoms with Gasteiger partial charge in [0.05, 0.1) is 19.8 Å². The summed E-state index contributed by atoms with van der Waals surface area (Å²) in [5.41, 5.74) is 4.18. The van der Waals surface area contributed by atoms with Crippen LogP contribution in [-0.2, 0) is 4.74 Å². The number of hydrogen-bond acceptors (Lipinski definition) is 3. The Morgan fingerprint density at radius 2 is 1.78 bits per heavy atom. The van der Waals surface area contributed by atoms with Gasteiger partial charge in [0.1, 0.15) is 19.1 Å². The molecule has 3 rings (SSSR count). The zero-order chi connectivity index (χ0) is 19.2. The van der Waals surface area contributed by atoms with Crippen molar-refractivity contribution in [2.75, 3.05) is 51.8 Å². The van der Waals surface area contributed by atoms with Crippen molar-refractivity contribution >= 4 is 11.6 Å². The van der Waals surface area contributed by atoms with Crippen molar-refractivity contribution in [1.82, 2.24) is 5.32 Å². The Labute approximate surface area is 161 Å². The van der Waals surface area contributed by atoms with Gasteiger partial charge in [-0.2, -0.15) is 0 Å². The molecule has 0 spiro atoms. The number of morpholine rings is 1. The Balaban J connectivity index is 1.75. The van der Waals surface area contributed by atoms with Gasteiger partial charge in [0, 0.05) is 30.9 Å². The highest BCUT2D eigenvalue weighted by atomic mass is 16.5. The van der Waals surface area contributed by atoms with Gasteiger partial charge in [-0.1, -0.05) is 30.3 Å². The average Bonchev–Trinajstić information content (AvgIpc) is 2.69. The van der Waals surface area contributed by atoms with Crippen molar-refractivity contribution in [2.45, 2.75) is 13.0 Å². The molecule has 1 saturated heterocycles. The average molecular weight is 369 g/mol. The fraction of sp³-hybridized carbons (Fsp3) is 0.409. The lowest BCUT2D eigenvalue weighted by atomic mass is 10.0. The number of ether oxygens (including phenoxy) is 1. The number of anilines is 1. The zero-order valence-electron chi connectivity index (χ0n) is 16.5. The summed E-state index contributed by atoms with van der Waals surface area (Å²) in [6.45, 7) is 6.05. The second kappa shape index (κ2) is 9.02. The van der Waals surface area contributed by atoms with Gasteiger partial charge in [-0.05, 0) is 30.7 Å². The van der Waals surface area contributed by atoms with Gasteiger partial charge < -0.3 is 19.9 Å². The van der Waals surface area contributed by atoms with Crippen molar-refractivity contribution in [2.24, 2.45) is 0 Å². The van der Waals surface area contributed by atoms with Crippen LogP contribution in [0.25, 0.3) is 0 Å². The van der Waals surface area contributed by atoms with Crippen molar-refractivity contribution in [1.29, 1.82) is 0 Å². The molecule has 1 heterocycles. The van der Waals surface area contributed by atoms with Crippen LogP contribution < -0.4 is 15.1 Å². The van der Waals surface area contributed by atoms with E-state index in [1.807, 2.05) is 45.3 Å². The number of rotatable bonds is 6. The van der Waals surface area contributed by atoms with Gasteiger partial charge in [-0.3, -0.25) is 4.79 Å². The number of aryl methyl sites for hydroxylation is 1. The van der Waals surface area contributed by atoms with Gasteiger partial charge in [-0.25, -0.2) is 0 Å². The van der Waals surface area contributed by atoms with Gasteiger partial charge in [0.2, 0.25) is 0 Å². The monoisotopic (exact) mass is 368 g/mol. The molecule has 2 N–H and O–H groups in total. The number of amides is 1. The third-order valence-electron chi connectivity index (χ3n) is 5.30. The Kier molecular flexibility index (Phi) is 6.48. The summed E-state index contributed by atoms with van der Waals surface area (Å²) in [6.07, 6.45) is 0. The SMILES string of the molecule is Cc1ccccc1C(=O)NC[C@H](c1ccc(N(C)C)cc1)[NH+]1CCOCC1. The quantitative estimate of drug-likeness (QED) is 0.811. The minimum atomic E-state index is -0.00401. The number of nitrogens with one attached hydrogen (secondary N) is 2. The molecular formula is C22H30N3O2+. The zero-order valence-corrected chi connectivity index (χ0v) is 16.5. The van der Waals surface area contributed by atoms with E-state index in [0.717, 1.165) is 37.4 Å². The molecule has 144 valence electrons. The number of quaternary nitrogens is 1. The molecule has 2 aromatic rings. The minimum absolute atomic E-state index is 0.00401. The number of nitrogens with zero attached hydrogens (tertiary/aromatic N) is 1. The topological polar surface area (TPSA) is 46.0 Å². The summed E-state index contributed by atoms with van der Waals surface area (Å²) in [7, 11) is 4.09. The van der Waals surface area contributed by atoms with E-state index in [0.29, 0.717) is 6.54 Å². The van der Waals surface area contributed by atoms with Crippen LogP contribution in [0.4, 0.5) is 5.69 Å². The molecule has 5 heteroatoms. The van der Waals surface area contributed by atoms with Crippen molar-refractivity contribution < 1.29 is 14.4 Å². The first-order valence-corrected chi connectivity index (χ1v) is 9.59. The number of hydrogen-bond donors (Lipinski definition) is 2. The first-order valence-electron chi connectivity index (χ1n) is 9.59. The molecule has 0 aliphatic carbocycles. The summed E-state index contributed by atoms with van der Waals surface area (Å²) in [6, 6.07) is 16.6. The van der Waals surface area contributed by atoms with Crippen LogP contribution in [0.2, 0.25) is 0 Å². The first kappa shape index (κ1) is 19.4. The molecule has 1 amide bonds. The van der Waals surface area contributed by atoms with Gasteiger partial charge in [0.15, 0.2) is 0 Å². The van der Waals surface area contributed by atoms with E-state index >= 15 is 0 Å². The molecule has 0 radical (unpaired) electrons. The molecule has 1 atom stereocenters. The fourth-order valence-corrected chi connectivity index (χ4v) is 3.60. The summed E-state index contributed by atoms with van der Waals surface area (Å²) >= 11 is 0. The highest BCUT2D eigenvalue weighted by molar-refractivity contribution is 5.95. The molecule has 5 nitrogen and oxygen atoms in total. The minimum Gasteiger partial charge on any atom is -0.378 e. The molecule has 0 aromatic heterocycles. The van der Waals surface area contributed by atoms with Crippen LogP contribution in [0.5, 0.6) is 0 Å². The summed E-state index contributed by atoms with van der Waals surface area (Å²) in [5, 5.41) is 3.16. The second-order valence-corrected chi connectivity index (χ2v) is 7.33. The molecule has 0 saturated carbocycles. The number of carbonyl (C=O) groups excluding carboxylic acids is 1. The molecule has 0 bridgehead atoms. The maximum Gasteiger partial charge on any atom is 0.251 e. The van der Waals surface area contributed by atoms with Gasteiger partial charge in [-0.15, -0.1) is 0 Å². The highest BCUT2D eigenvalue weighted by Gasteiger charge is 2.27. The molecule has 0 unspecified atom stereocenters. The molecular weight excluding hydrogens is 338 g/mol. The third-order valence-corrected chi connectivity index (χ3v) is 5.30. The van der Waals surface area contributed by atoms with E-state index in [9.17, 15) is 4.79 Å². The summed E-state index contributed by atoms with van der Waals surface area (Å²) in [4.78, 5) is 16.2. The lowest BCUT2D eigenvalue weighted by Gasteiger charge is -2.32. The van der Waals surface area contributed by atoms with E-state index in [1.54, 1.807) is 0 Å². The van der Waals surface area contributed by atoms with E-state index in [2.05, 4.69) is 34.5 Å². The molecule has 1 aliphatic heterocycles. The van der Waals surface area contributed by atoms with E-state index < -0.39 is 0 Å². The summed E-state index contributed by atoms with van der Waals surface area (Å²) in [5.74, 6) is -0.00401. The van der Waals surface area contributed by atoms with Crippen molar-refractivity contribution in [3.63, 3.8) is 0 Å². The number of benzene rings is 2. The molecule has 1 aliphatic rings. The van der Waals surface area contributed by atoms with E-state index in [4.69, 9.17) is 4.74 Å². The smallest absolute Gasteiger partial charge is 0.251 e. The Hall–Kier alpha value is -2.37. The maximum atomic E-state index is 12.7. The molecule has 2 aromatic carbocycles. The van der Waals surface area contributed by atoms with Crippen LogP contribution in [0.15, 0.2) is 48.5 Å². The number of carbonyl (C=O) groups is 1. The van der Waals surface area contributed by atoms with E-state index in [-0.39, 0.29) is 11.9 Å². The third kappa shape index (κ3) is 4.87. The van der Waals surface area contributed by atoms with Crippen LogP contribution in [0.3, 0.4) is 0 Å². The van der Waals surface area contributed by atoms with E-state index in [1.165, 1.54) is 16.2 Å². The Morgan fingerprint density at radius 1 is 1.11 bits per heavy atom. The lowest BCUT2D eigenvalue weighted by Crippen LogP contribution is -3.15. The fourth-order valence-electron chi connectivity index (χ4n) is 3.60. The normalized spacial score (nSPS) is 16.0. The Morgan fingerprint density at radius 3 is 2.41 bits per heavy atom. The van der Waals surface area contributed by atoms with Crippen molar-refractivity contribution in [3.8, 4) is 0 Å². The van der Waals surface area contributed by atoms with Gasteiger partial charge >= 0.3 is 0 Å². The molecule has 1 fully saturated rings. The lowest BCUT2D eigenvalue weighted by molar-refractivity contribution is -0.937. The van der Waals surface area contributed by atoms with Crippen LogP contribution in [-0.4, -0.2) is 52.9 Å². The predicted molar refractivity (Wildman–Crippen MR) is 109 cm³/mol. The van der Waals surface area contributed by atoms with Crippen LogP contribution in [0.1, 0.15) is 27.5 Å². The first-order chi connectivity index (χ1) is 13.1. The summed E-state index contributed by atoms with van der Waals surface area (Å²) < 4.78 is 5.53. The standard InChI is InChI=1S/C22H29N3O2/c1-17-6-4-5-7-20(17)22(26)23-16-21(25-12-14-27-15-13-25)18-8-10-19(11-9-18)24(2)3/h4-11,21H,12-16H2,1-3H3,(H,23,26)/p+1/t21-/m1/s1. The predicted octanol–water partition coefficient (Wildman–Crippen LogP) is 1.45. The maximum absolute atomic E-state index is 12.7.